The third kappa shape index (κ3) is 3.98. The maximum absolute atomic E-state index is 5.74. The molecule has 0 fully saturated rings. The van der Waals surface area contributed by atoms with E-state index in [-0.39, 0.29) is 0 Å². The molecule has 0 bridgehead atoms. The standard InChI is InChI=1S/C54H31N5/c1-2-16-33(17-3-1)57-44-26-12-8-21-37(44)49-39(23-14-28-46(49)57)51-36-20-6-10-24-42(36)55-54(56-51)59-47-30-29-32-15-4-5-18-34(32)48(47)41-31-40-35-19-7-11-25-43(35)58-45-27-13-9-22-38(45)50(52(40)58)53(41)59/h1-31H. The molecule has 0 unspecified atom stereocenters. The van der Waals surface area contributed by atoms with Gasteiger partial charge >= 0.3 is 0 Å². The van der Waals surface area contributed by atoms with E-state index in [1.54, 1.807) is 0 Å². The highest BCUT2D eigenvalue weighted by atomic mass is 15.2. The van der Waals surface area contributed by atoms with Gasteiger partial charge in [0, 0.05) is 59.7 Å². The van der Waals surface area contributed by atoms with Gasteiger partial charge < -0.3 is 8.97 Å². The van der Waals surface area contributed by atoms with E-state index in [1.165, 1.54) is 70.4 Å². The third-order valence-corrected chi connectivity index (χ3v) is 12.7. The Kier molecular flexibility index (Phi) is 5.96. The van der Waals surface area contributed by atoms with Crippen LogP contribution in [0.25, 0.3) is 126 Å². The van der Waals surface area contributed by atoms with Crippen LogP contribution in [0.1, 0.15) is 0 Å². The van der Waals surface area contributed by atoms with Gasteiger partial charge in [-0.05, 0) is 65.4 Å². The lowest BCUT2D eigenvalue weighted by Gasteiger charge is -2.13. The van der Waals surface area contributed by atoms with Crippen LogP contribution in [-0.2, 0) is 0 Å². The molecule has 0 atom stereocenters. The molecule has 9 aromatic carbocycles. The van der Waals surface area contributed by atoms with Gasteiger partial charge in [-0.2, -0.15) is 0 Å². The Bertz CT molecular complexity index is 4070. The van der Waals surface area contributed by atoms with E-state index in [0.717, 1.165) is 49.9 Å². The molecule has 14 rings (SSSR count). The van der Waals surface area contributed by atoms with E-state index in [4.69, 9.17) is 9.97 Å². The van der Waals surface area contributed by atoms with Crippen molar-refractivity contribution in [2.24, 2.45) is 0 Å². The normalized spacial score (nSPS) is 12.4. The largest absolute Gasteiger partial charge is 0.309 e. The zero-order valence-corrected chi connectivity index (χ0v) is 31.6. The number of hydrogen-bond donors (Lipinski definition) is 0. The summed E-state index contributed by atoms with van der Waals surface area (Å²) in [7, 11) is 0. The van der Waals surface area contributed by atoms with Crippen molar-refractivity contribution >= 4 is 103 Å². The Morgan fingerprint density at radius 1 is 0.339 bits per heavy atom. The van der Waals surface area contributed by atoms with Crippen LogP contribution < -0.4 is 0 Å². The van der Waals surface area contributed by atoms with Crippen LogP contribution in [-0.4, -0.2) is 23.5 Å². The minimum atomic E-state index is 0.653. The summed E-state index contributed by atoms with van der Waals surface area (Å²) in [5.41, 5.74) is 12.2. The number of nitrogens with zero attached hydrogens (tertiary/aromatic N) is 5. The Labute approximate surface area is 336 Å². The molecule has 5 nitrogen and oxygen atoms in total. The van der Waals surface area contributed by atoms with Crippen molar-refractivity contribution in [1.29, 1.82) is 0 Å². The van der Waals surface area contributed by atoms with Gasteiger partial charge in [-0.1, -0.05) is 133 Å². The van der Waals surface area contributed by atoms with Crippen molar-refractivity contribution in [3.05, 3.63) is 188 Å². The van der Waals surface area contributed by atoms with E-state index >= 15 is 0 Å². The fraction of sp³-hybridized carbons (Fsp3) is 0. The van der Waals surface area contributed by atoms with Gasteiger partial charge in [0.05, 0.1) is 49.8 Å². The minimum absolute atomic E-state index is 0.653. The van der Waals surface area contributed by atoms with Gasteiger partial charge in [-0.15, -0.1) is 0 Å². The Morgan fingerprint density at radius 3 is 1.80 bits per heavy atom. The van der Waals surface area contributed by atoms with Crippen LogP contribution in [0.2, 0.25) is 0 Å². The second-order valence-corrected chi connectivity index (χ2v) is 15.7. The molecule has 5 heterocycles. The van der Waals surface area contributed by atoms with Crippen molar-refractivity contribution in [3.8, 4) is 22.9 Å². The van der Waals surface area contributed by atoms with Crippen LogP contribution in [0.5, 0.6) is 0 Å². The van der Waals surface area contributed by atoms with Crippen molar-refractivity contribution in [3.63, 3.8) is 0 Å². The molecule has 0 saturated carbocycles. The van der Waals surface area contributed by atoms with Crippen molar-refractivity contribution < 1.29 is 0 Å². The molecule has 5 aromatic heterocycles. The fourth-order valence-electron chi connectivity index (χ4n) is 10.4. The summed E-state index contributed by atoms with van der Waals surface area (Å²) < 4.78 is 7.20. The summed E-state index contributed by atoms with van der Waals surface area (Å²) in [4.78, 5) is 11.2. The number of fused-ring (bicyclic) bond motifs is 16. The smallest absolute Gasteiger partial charge is 0.235 e. The van der Waals surface area contributed by atoms with E-state index in [0.29, 0.717) is 5.95 Å². The van der Waals surface area contributed by atoms with Crippen molar-refractivity contribution in [2.45, 2.75) is 0 Å². The van der Waals surface area contributed by atoms with Crippen molar-refractivity contribution in [2.75, 3.05) is 0 Å². The van der Waals surface area contributed by atoms with Gasteiger partial charge in [0.2, 0.25) is 5.95 Å². The molecule has 5 heteroatoms. The predicted octanol–water partition coefficient (Wildman–Crippen LogP) is 13.8. The monoisotopic (exact) mass is 749 g/mol. The molecule has 0 aliphatic heterocycles. The lowest BCUT2D eigenvalue weighted by Crippen LogP contribution is -2.04. The molecule has 0 radical (unpaired) electrons. The molecule has 59 heavy (non-hydrogen) atoms. The van der Waals surface area contributed by atoms with Gasteiger partial charge in [-0.25, -0.2) is 9.97 Å². The average Bonchev–Trinajstić information content (AvgIpc) is 4.03. The van der Waals surface area contributed by atoms with Crippen molar-refractivity contribution in [1.82, 2.24) is 23.5 Å². The van der Waals surface area contributed by atoms with Crippen LogP contribution in [0.4, 0.5) is 0 Å². The highest BCUT2D eigenvalue weighted by Gasteiger charge is 2.27. The maximum Gasteiger partial charge on any atom is 0.235 e. The summed E-state index contributed by atoms with van der Waals surface area (Å²) in [6, 6.07) is 67.9. The SMILES string of the molecule is c1ccc(-n2c3ccccc3c3c(-c4nc(-n5c6ccc7ccccc7c6c6cc7c8ccccc8n8c9ccccc9c(c65)c78)nc5ccccc45)cccc32)cc1. The summed E-state index contributed by atoms with van der Waals surface area (Å²) in [6.45, 7) is 0. The average molecular weight is 750 g/mol. The molecule has 0 saturated heterocycles. The zero-order chi connectivity index (χ0) is 38.3. The van der Waals surface area contributed by atoms with Crippen LogP contribution in [0.3, 0.4) is 0 Å². The highest BCUT2D eigenvalue weighted by Crippen LogP contribution is 2.48. The van der Waals surface area contributed by atoms with Crippen LogP contribution in [0, 0.1) is 0 Å². The van der Waals surface area contributed by atoms with Gasteiger partial charge in [-0.3, -0.25) is 4.57 Å². The van der Waals surface area contributed by atoms with E-state index in [9.17, 15) is 0 Å². The Balaban J connectivity index is 1.18. The summed E-state index contributed by atoms with van der Waals surface area (Å²) in [6.07, 6.45) is 0. The van der Waals surface area contributed by atoms with E-state index in [1.807, 2.05) is 0 Å². The minimum Gasteiger partial charge on any atom is -0.309 e. The predicted molar refractivity (Wildman–Crippen MR) is 246 cm³/mol. The Morgan fingerprint density at radius 2 is 0.966 bits per heavy atom. The van der Waals surface area contributed by atoms with E-state index in [2.05, 4.69) is 202 Å². The lowest BCUT2D eigenvalue weighted by atomic mass is 10.0. The maximum atomic E-state index is 5.74. The van der Waals surface area contributed by atoms with Crippen LogP contribution >= 0.6 is 0 Å². The summed E-state index contributed by atoms with van der Waals surface area (Å²) in [5, 5.41) is 13.2. The molecule has 0 amide bonds. The zero-order valence-electron chi connectivity index (χ0n) is 31.6. The van der Waals surface area contributed by atoms with Gasteiger partial charge in [0.1, 0.15) is 0 Å². The third-order valence-electron chi connectivity index (χ3n) is 12.7. The molecular formula is C54H31N5. The number of rotatable bonds is 3. The van der Waals surface area contributed by atoms with Gasteiger partial charge in [0.15, 0.2) is 0 Å². The number of para-hydroxylation sites is 5. The lowest BCUT2D eigenvalue weighted by molar-refractivity contribution is 1.02. The topological polar surface area (TPSA) is 40.0 Å². The molecule has 272 valence electrons. The first-order chi connectivity index (χ1) is 29.3. The molecule has 14 aromatic rings. The fourth-order valence-corrected chi connectivity index (χ4v) is 10.4. The first kappa shape index (κ1) is 31.1. The second-order valence-electron chi connectivity index (χ2n) is 15.7. The number of hydrogen-bond acceptors (Lipinski definition) is 2. The first-order valence-corrected chi connectivity index (χ1v) is 20.2. The van der Waals surface area contributed by atoms with Gasteiger partial charge in [0.25, 0.3) is 0 Å². The molecule has 0 spiro atoms. The molecule has 0 aliphatic rings. The van der Waals surface area contributed by atoms with E-state index < -0.39 is 0 Å². The molecule has 0 N–H and O–H groups in total. The molecular weight excluding hydrogens is 719 g/mol. The Hall–Kier alpha value is -8.02. The highest BCUT2D eigenvalue weighted by molar-refractivity contribution is 6.36. The second kappa shape index (κ2) is 11.3. The first-order valence-electron chi connectivity index (χ1n) is 20.2. The summed E-state index contributed by atoms with van der Waals surface area (Å²) in [5.74, 6) is 0.653. The quantitative estimate of drug-likeness (QED) is 0.180. The van der Waals surface area contributed by atoms with Crippen LogP contribution in [0.15, 0.2) is 188 Å². The molecule has 0 aliphatic carbocycles. The summed E-state index contributed by atoms with van der Waals surface area (Å²) >= 11 is 0. The number of benzene rings is 9. The number of aromatic nitrogens is 5.